The van der Waals surface area contributed by atoms with Crippen LogP contribution in [0.3, 0.4) is 0 Å². The number of rotatable bonds is 5. The van der Waals surface area contributed by atoms with Crippen molar-refractivity contribution in [2.45, 2.75) is 11.4 Å². The van der Waals surface area contributed by atoms with Crippen molar-refractivity contribution in [1.82, 2.24) is 9.71 Å². The monoisotopic (exact) mass is 328 g/mol. The van der Waals surface area contributed by atoms with Crippen LogP contribution >= 0.6 is 0 Å². The molecule has 0 aliphatic heterocycles. The predicted molar refractivity (Wildman–Crippen MR) is 88.8 cm³/mol. The van der Waals surface area contributed by atoms with E-state index in [-0.39, 0.29) is 11.4 Å². The zero-order valence-electron chi connectivity index (χ0n) is 12.6. The average molecular weight is 328 g/mol. The van der Waals surface area contributed by atoms with Crippen molar-refractivity contribution in [2.75, 3.05) is 7.11 Å². The van der Waals surface area contributed by atoms with Crippen molar-refractivity contribution in [3.05, 3.63) is 66.4 Å². The summed E-state index contributed by atoms with van der Waals surface area (Å²) in [6.07, 6.45) is 1.59. The Hall–Kier alpha value is -2.44. The molecule has 0 amide bonds. The minimum atomic E-state index is -3.66. The number of nitrogens with zero attached hydrogens (tertiary/aromatic N) is 1. The number of aromatic nitrogens is 1. The van der Waals surface area contributed by atoms with Crippen molar-refractivity contribution >= 4 is 20.9 Å². The van der Waals surface area contributed by atoms with Gasteiger partial charge in [0.1, 0.15) is 10.6 Å². The molecule has 0 aliphatic rings. The molecule has 0 atom stereocenters. The maximum absolute atomic E-state index is 12.6. The summed E-state index contributed by atoms with van der Waals surface area (Å²) in [4.78, 5) is 4.37. The van der Waals surface area contributed by atoms with Crippen molar-refractivity contribution in [2.24, 2.45) is 0 Å². The second kappa shape index (κ2) is 6.36. The summed E-state index contributed by atoms with van der Waals surface area (Å²) in [7, 11) is -2.08. The molecule has 5 nitrogen and oxygen atoms in total. The van der Waals surface area contributed by atoms with Crippen LogP contribution in [0.2, 0.25) is 0 Å². The highest BCUT2D eigenvalue weighted by atomic mass is 32.2. The number of nitrogens with one attached hydrogen (secondary N) is 1. The third kappa shape index (κ3) is 3.33. The first-order valence-electron chi connectivity index (χ1n) is 7.06. The van der Waals surface area contributed by atoms with Crippen LogP contribution in [-0.4, -0.2) is 20.5 Å². The van der Waals surface area contributed by atoms with Gasteiger partial charge in [-0.25, -0.2) is 13.1 Å². The fourth-order valence-corrected chi connectivity index (χ4v) is 3.53. The van der Waals surface area contributed by atoms with Crippen LogP contribution in [0.1, 0.15) is 5.56 Å². The minimum absolute atomic E-state index is 0.179. The average Bonchev–Trinajstić information content (AvgIpc) is 2.60. The third-order valence-corrected chi connectivity index (χ3v) is 4.92. The lowest BCUT2D eigenvalue weighted by Crippen LogP contribution is -2.23. The lowest BCUT2D eigenvalue weighted by Gasteiger charge is -2.09. The topological polar surface area (TPSA) is 68.3 Å². The zero-order chi connectivity index (χ0) is 16.3. The number of sulfonamides is 1. The molecular weight excluding hydrogens is 312 g/mol. The lowest BCUT2D eigenvalue weighted by molar-refractivity contribution is 0.414. The molecule has 2 aromatic carbocycles. The van der Waals surface area contributed by atoms with Gasteiger partial charge >= 0.3 is 0 Å². The number of benzene rings is 2. The largest absolute Gasteiger partial charge is 0.497 e. The molecule has 1 heterocycles. The first kappa shape index (κ1) is 15.5. The number of pyridine rings is 1. The van der Waals surface area contributed by atoms with Crippen LogP contribution in [0.4, 0.5) is 0 Å². The second-order valence-electron chi connectivity index (χ2n) is 5.01. The van der Waals surface area contributed by atoms with E-state index in [1.54, 1.807) is 37.6 Å². The predicted octanol–water partition coefficient (Wildman–Crippen LogP) is 2.72. The minimum Gasteiger partial charge on any atom is -0.497 e. The van der Waals surface area contributed by atoms with E-state index in [2.05, 4.69) is 9.71 Å². The smallest absolute Gasteiger partial charge is 0.243 e. The third-order valence-electron chi connectivity index (χ3n) is 3.49. The summed E-state index contributed by atoms with van der Waals surface area (Å²) in [5, 5.41) is 0.789. The SMILES string of the molecule is COc1cccc(CNS(=O)(=O)c2cccc3cccnc23)c1. The van der Waals surface area contributed by atoms with Crippen LogP contribution in [0.25, 0.3) is 10.9 Å². The van der Waals surface area contributed by atoms with Crippen LogP contribution < -0.4 is 9.46 Å². The van der Waals surface area contributed by atoms with E-state index in [0.717, 1.165) is 10.9 Å². The van der Waals surface area contributed by atoms with Crippen molar-refractivity contribution in [1.29, 1.82) is 0 Å². The molecule has 1 N–H and O–H groups in total. The van der Waals surface area contributed by atoms with Gasteiger partial charge in [-0.15, -0.1) is 0 Å². The summed E-state index contributed by atoms with van der Waals surface area (Å²) in [5.41, 5.74) is 1.29. The summed E-state index contributed by atoms with van der Waals surface area (Å²) >= 11 is 0. The van der Waals surface area contributed by atoms with E-state index < -0.39 is 10.0 Å². The maximum atomic E-state index is 12.6. The first-order chi connectivity index (χ1) is 11.1. The standard InChI is InChI=1S/C17H16N2O3S/c1-22-15-8-2-5-13(11-15)12-19-23(20,21)16-9-3-6-14-7-4-10-18-17(14)16/h2-11,19H,12H2,1H3. The highest BCUT2D eigenvalue weighted by Gasteiger charge is 2.17. The number of hydrogen-bond donors (Lipinski definition) is 1. The Bertz CT molecular complexity index is 934. The van der Waals surface area contributed by atoms with Gasteiger partial charge < -0.3 is 4.74 Å². The molecule has 0 unspecified atom stereocenters. The van der Waals surface area contributed by atoms with Gasteiger partial charge in [0.2, 0.25) is 10.0 Å². The summed E-state index contributed by atoms with van der Waals surface area (Å²) in [6.45, 7) is 0.183. The van der Waals surface area contributed by atoms with Gasteiger partial charge in [0.05, 0.1) is 12.6 Å². The number of ether oxygens (including phenoxy) is 1. The number of para-hydroxylation sites is 1. The molecule has 0 bridgehead atoms. The first-order valence-corrected chi connectivity index (χ1v) is 8.55. The van der Waals surface area contributed by atoms with E-state index >= 15 is 0 Å². The zero-order valence-corrected chi connectivity index (χ0v) is 13.4. The molecule has 3 aromatic rings. The van der Waals surface area contributed by atoms with E-state index in [4.69, 9.17) is 4.74 Å². The van der Waals surface area contributed by atoms with Gasteiger partial charge in [-0.2, -0.15) is 0 Å². The molecule has 0 saturated heterocycles. The lowest BCUT2D eigenvalue weighted by atomic mass is 10.2. The van der Waals surface area contributed by atoms with Crippen molar-refractivity contribution < 1.29 is 13.2 Å². The van der Waals surface area contributed by atoms with Crippen molar-refractivity contribution in [3.8, 4) is 5.75 Å². The summed E-state index contributed by atoms with van der Waals surface area (Å²) in [6, 6.07) is 16.0. The number of methoxy groups -OCH3 is 1. The Morgan fingerprint density at radius 3 is 2.70 bits per heavy atom. The second-order valence-corrected chi connectivity index (χ2v) is 6.74. The summed E-state index contributed by atoms with van der Waals surface area (Å²) < 4.78 is 32.9. The van der Waals surface area contributed by atoms with Crippen LogP contribution in [0, 0.1) is 0 Å². The highest BCUT2D eigenvalue weighted by Crippen LogP contribution is 2.21. The van der Waals surface area contributed by atoms with E-state index in [1.165, 1.54) is 0 Å². The molecule has 6 heteroatoms. The van der Waals surface area contributed by atoms with Gasteiger partial charge in [0.15, 0.2) is 0 Å². The van der Waals surface area contributed by atoms with Crippen LogP contribution in [-0.2, 0) is 16.6 Å². The van der Waals surface area contributed by atoms with Gasteiger partial charge in [0.25, 0.3) is 0 Å². The van der Waals surface area contributed by atoms with Crippen LogP contribution in [0.5, 0.6) is 5.75 Å². The van der Waals surface area contributed by atoms with Crippen molar-refractivity contribution in [3.63, 3.8) is 0 Å². The van der Waals surface area contributed by atoms with Crippen LogP contribution in [0.15, 0.2) is 65.7 Å². The van der Waals surface area contributed by atoms with E-state index in [9.17, 15) is 8.42 Å². The van der Waals surface area contributed by atoms with Gasteiger partial charge in [-0.05, 0) is 29.8 Å². The molecule has 0 saturated carbocycles. The molecule has 0 fully saturated rings. The molecule has 0 aliphatic carbocycles. The normalized spacial score (nSPS) is 11.5. The Kier molecular flexibility index (Phi) is 4.27. The molecule has 1 aromatic heterocycles. The molecule has 3 rings (SSSR count). The molecular formula is C17H16N2O3S. The molecule has 118 valence electrons. The van der Waals surface area contributed by atoms with Gasteiger partial charge in [-0.1, -0.05) is 30.3 Å². The van der Waals surface area contributed by atoms with Gasteiger partial charge in [0, 0.05) is 18.1 Å². The summed E-state index contributed by atoms with van der Waals surface area (Å²) in [5.74, 6) is 0.688. The molecule has 0 spiro atoms. The Balaban J connectivity index is 1.89. The fourth-order valence-electron chi connectivity index (χ4n) is 2.33. The number of hydrogen-bond acceptors (Lipinski definition) is 4. The van der Waals surface area contributed by atoms with E-state index in [0.29, 0.717) is 11.3 Å². The Morgan fingerprint density at radius 2 is 1.87 bits per heavy atom. The number of fused-ring (bicyclic) bond motifs is 1. The van der Waals surface area contributed by atoms with Gasteiger partial charge in [-0.3, -0.25) is 4.98 Å². The Labute approximate surface area is 135 Å². The molecule has 23 heavy (non-hydrogen) atoms. The van der Waals surface area contributed by atoms with E-state index in [1.807, 2.05) is 30.3 Å². The quantitative estimate of drug-likeness (QED) is 0.782. The molecule has 0 radical (unpaired) electrons. The fraction of sp³-hybridized carbons (Fsp3) is 0.118. The maximum Gasteiger partial charge on any atom is 0.243 e. The Morgan fingerprint density at radius 1 is 1.09 bits per heavy atom. The highest BCUT2D eigenvalue weighted by molar-refractivity contribution is 7.89.